The van der Waals surface area contributed by atoms with E-state index in [9.17, 15) is 15.3 Å². The monoisotopic (exact) mass is 414 g/mol. The normalized spacial score (nSPS) is 23.2. The number of rotatable bonds is 19. The van der Waals surface area contributed by atoms with Crippen molar-refractivity contribution in [3.63, 3.8) is 0 Å². The molecular weight excluding hydrogens is 368 g/mol. The van der Waals surface area contributed by atoms with Gasteiger partial charge in [-0.25, -0.2) is 0 Å². The third kappa shape index (κ3) is 12.7. The van der Waals surface area contributed by atoms with Crippen molar-refractivity contribution in [3.8, 4) is 0 Å². The third-order valence-electron chi connectivity index (χ3n) is 5.72. The lowest BCUT2D eigenvalue weighted by Crippen LogP contribution is -2.42. The van der Waals surface area contributed by atoms with E-state index in [1.807, 2.05) is 0 Å². The molecule has 0 saturated carbocycles. The van der Waals surface area contributed by atoms with Crippen LogP contribution in [0.15, 0.2) is 12.2 Å². The van der Waals surface area contributed by atoms with Crippen LogP contribution in [0, 0.1) is 0 Å². The Hall–Kier alpha value is -0.460. The smallest absolute Gasteiger partial charge is 0.114 e. The van der Waals surface area contributed by atoms with Crippen LogP contribution >= 0.6 is 0 Å². The van der Waals surface area contributed by atoms with E-state index < -0.39 is 24.4 Å². The second-order valence-electron chi connectivity index (χ2n) is 8.39. The summed E-state index contributed by atoms with van der Waals surface area (Å²) in [7, 11) is 0. The molecule has 4 atom stereocenters. The highest BCUT2D eigenvalue weighted by molar-refractivity contribution is 4.88. The lowest BCUT2D eigenvalue weighted by molar-refractivity contribution is -0.101. The largest absolute Gasteiger partial charge is 0.394 e. The predicted octanol–water partition coefficient (Wildman–Crippen LogP) is 4.52. The van der Waals surface area contributed by atoms with Crippen molar-refractivity contribution >= 4 is 0 Å². The van der Waals surface area contributed by atoms with Gasteiger partial charge in [0.05, 0.1) is 13.2 Å². The standard InChI is InChI=1S/C24H46O5/c1-2-3-4-5-6-7-8-9-10-11-12-13-14-15-16-17-18-28-22(19-25)24-23(27)21(26)20-29-24/h9-10,21-27H,2-8,11-20H2,1H3/b10-9+/t21-,22+,23+,24+/m1/s1. The van der Waals surface area contributed by atoms with Gasteiger partial charge in [0.15, 0.2) is 0 Å². The Bertz CT molecular complexity index is 387. The van der Waals surface area contributed by atoms with Gasteiger partial charge < -0.3 is 24.8 Å². The first-order valence-corrected chi connectivity index (χ1v) is 12.1. The fraction of sp³-hybridized carbons (Fsp3) is 0.917. The van der Waals surface area contributed by atoms with Crippen LogP contribution < -0.4 is 0 Å². The second-order valence-corrected chi connectivity index (χ2v) is 8.39. The molecule has 0 aromatic rings. The van der Waals surface area contributed by atoms with Crippen LogP contribution in [-0.4, -0.2) is 59.6 Å². The molecular formula is C24H46O5. The Morgan fingerprint density at radius 1 is 0.862 bits per heavy atom. The van der Waals surface area contributed by atoms with Gasteiger partial charge in [-0.05, 0) is 32.1 Å². The third-order valence-corrected chi connectivity index (χ3v) is 5.72. The first-order valence-electron chi connectivity index (χ1n) is 12.1. The van der Waals surface area contributed by atoms with E-state index in [0.717, 1.165) is 12.8 Å². The fourth-order valence-corrected chi connectivity index (χ4v) is 3.79. The maximum atomic E-state index is 9.83. The Labute approximate surface area is 178 Å². The average Bonchev–Trinajstić information content (AvgIpc) is 3.06. The zero-order chi connectivity index (χ0) is 21.2. The molecule has 1 fully saturated rings. The molecule has 0 aliphatic carbocycles. The Morgan fingerprint density at radius 3 is 1.93 bits per heavy atom. The van der Waals surface area contributed by atoms with E-state index in [0.29, 0.717) is 6.61 Å². The number of ether oxygens (including phenoxy) is 2. The highest BCUT2D eigenvalue weighted by atomic mass is 16.6. The number of unbranched alkanes of at least 4 members (excludes halogenated alkanes) is 12. The zero-order valence-electron chi connectivity index (χ0n) is 18.6. The van der Waals surface area contributed by atoms with E-state index in [1.54, 1.807) is 0 Å². The minimum atomic E-state index is -0.980. The van der Waals surface area contributed by atoms with E-state index in [4.69, 9.17) is 9.47 Å². The Kier molecular flexibility index (Phi) is 16.8. The van der Waals surface area contributed by atoms with Crippen molar-refractivity contribution < 1.29 is 24.8 Å². The quantitative estimate of drug-likeness (QED) is 0.214. The minimum absolute atomic E-state index is 0.0972. The number of aliphatic hydroxyl groups excluding tert-OH is 3. The fourth-order valence-electron chi connectivity index (χ4n) is 3.79. The molecule has 1 saturated heterocycles. The van der Waals surface area contributed by atoms with Crippen LogP contribution in [0.4, 0.5) is 0 Å². The van der Waals surface area contributed by atoms with Gasteiger partial charge in [0.25, 0.3) is 0 Å². The molecule has 0 unspecified atom stereocenters. The minimum Gasteiger partial charge on any atom is -0.394 e. The molecule has 0 radical (unpaired) electrons. The van der Waals surface area contributed by atoms with Gasteiger partial charge >= 0.3 is 0 Å². The lowest BCUT2D eigenvalue weighted by atomic mass is 10.1. The van der Waals surface area contributed by atoms with E-state index >= 15 is 0 Å². The summed E-state index contributed by atoms with van der Waals surface area (Å²) in [5.74, 6) is 0. The second kappa shape index (κ2) is 18.3. The number of allylic oxidation sites excluding steroid dienone is 2. The van der Waals surface area contributed by atoms with E-state index in [1.165, 1.54) is 77.0 Å². The topological polar surface area (TPSA) is 79.2 Å². The van der Waals surface area contributed by atoms with Crippen molar-refractivity contribution in [1.82, 2.24) is 0 Å². The summed E-state index contributed by atoms with van der Waals surface area (Å²) in [6.07, 6.45) is 19.4. The summed E-state index contributed by atoms with van der Waals surface area (Å²) in [5.41, 5.74) is 0. The van der Waals surface area contributed by atoms with Crippen molar-refractivity contribution in [3.05, 3.63) is 12.2 Å². The van der Waals surface area contributed by atoms with E-state index in [-0.39, 0.29) is 13.2 Å². The summed E-state index contributed by atoms with van der Waals surface area (Å²) in [6.45, 7) is 2.70. The van der Waals surface area contributed by atoms with Crippen LogP contribution in [0.25, 0.3) is 0 Å². The van der Waals surface area contributed by atoms with Crippen molar-refractivity contribution in [1.29, 1.82) is 0 Å². The van der Waals surface area contributed by atoms with Gasteiger partial charge in [0.2, 0.25) is 0 Å². The summed E-state index contributed by atoms with van der Waals surface area (Å²) in [6, 6.07) is 0. The molecule has 29 heavy (non-hydrogen) atoms. The summed E-state index contributed by atoms with van der Waals surface area (Å²) < 4.78 is 11.0. The maximum absolute atomic E-state index is 9.83. The molecule has 1 aliphatic heterocycles. The lowest BCUT2D eigenvalue weighted by Gasteiger charge is -2.24. The number of aliphatic hydroxyl groups is 3. The molecule has 1 heterocycles. The van der Waals surface area contributed by atoms with Crippen LogP contribution in [0.1, 0.15) is 96.8 Å². The molecule has 0 bridgehead atoms. The molecule has 3 N–H and O–H groups in total. The maximum Gasteiger partial charge on any atom is 0.114 e. The first kappa shape index (κ1) is 26.6. The number of hydrogen-bond donors (Lipinski definition) is 3. The molecule has 5 nitrogen and oxygen atoms in total. The van der Waals surface area contributed by atoms with E-state index in [2.05, 4.69) is 19.1 Å². The molecule has 0 amide bonds. The van der Waals surface area contributed by atoms with Crippen LogP contribution in [-0.2, 0) is 9.47 Å². The zero-order valence-corrected chi connectivity index (χ0v) is 18.6. The van der Waals surface area contributed by atoms with Gasteiger partial charge in [-0.3, -0.25) is 0 Å². The molecule has 0 aromatic heterocycles. The van der Waals surface area contributed by atoms with Crippen LogP contribution in [0.2, 0.25) is 0 Å². The highest BCUT2D eigenvalue weighted by Crippen LogP contribution is 2.20. The van der Waals surface area contributed by atoms with Gasteiger partial charge in [0.1, 0.15) is 24.4 Å². The van der Waals surface area contributed by atoms with Crippen LogP contribution in [0.3, 0.4) is 0 Å². The Balaban J connectivity index is 1.85. The highest BCUT2D eigenvalue weighted by Gasteiger charge is 2.40. The van der Waals surface area contributed by atoms with Crippen molar-refractivity contribution in [2.45, 2.75) is 121 Å². The van der Waals surface area contributed by atoms with Gasteiger partial charge in [0, 0.05) is 6.61 Å². The Morgan fingerprint density at radius 2 is 1.41 bits per heavy atom. The van der Waals surface area contributed by atoms with Gasteiger partial charge in [-0.2, -0.15) is 0 Å². The van der Waals surface area contributed by atoms with Gasteiger partial charge in [-0.1, -0.05) is 76.9 Å². The van der Waals surface area contributed by atoms with Crippen molar-refractivity contribution in [2.24, 2.45) is 0 Å². The SMILES string of the molecule is CCCCCCCC/C=C/CCCCCCCCO[C@@H](CO)[C@@H]1OC[C@@H](O)[C@@H]1O. The average molecular weight is 415 g/mol. The molecule has 5 heteroatoms. The van der Waals surface area contributed by atoms with Gasteiger partial charge in [-0.15, -0.1) is 0 Å². The van der Waals surface area contributed by atoms with Crippen molar-refractivity contribution in [2.75, 3.05) is 19.8 Å². The molecule has 0 spiro atoms. The molecule has 1 aliphatic rings. The predicted molar refractivity (Wildman–Crippen MR) is 118 cm³/mol. The summed E-state index contributed by atoms with van der Waals surface area (Å²) >= 11 is 0. The number of hydrogen-bond acceptors (Lipinski definition) is 5. The molecule has 0 aromatic carbocycles. The first-order chi connectivity index (χ1) is 14.2. The summed E-state index contributed by atoms with van der Waals surface area (Å²) in [4.78, 5) is 0. The van der Waals surface area contributed by atoms with Crippen LogP contribution in [0.5, 0.6) is 0 Å². The molecule has 1 rings (SSSR count). The molecule has 172 valence electrons. The summed E-state index contributed by atoms with van der Waals surface area (Å²) in [5, 5.41) is 28.8.